The van der Waals surface area contributed by atoms with Crippen LogP contribution in [0.4, 0.5) is 5.69 Å². The normalized spacial score (nSPS) is 10.4. The van der Waals surface area contributed by atoms with Gasteiger partial charge >= 0.3 is 0 Å². The van der Waals surface area contributed by atoms with E-state index in [0.29, 0.717) is 33.4 Å². The van der Waals surface area contributed by atoms with Crippen LogP contribution in [-0.2, 0) is 6.54 Å². The molecule has 3 aromatic rings. The Morgan fingerprint density at radius 2 is 1.65 bits per heavy atom. The van der Waals surface area contributed by atoms with E-state index in [0.717, 1.165) is 4.88 Å². The van der Waals surface area contributed by atoms with Crippen LogP contribution in [0.3, 0.4) is 0 Å². The summed E-state index contributed by atoms with van der Waals surface area (Å²) in [7, 11) is 0. The largest absolute Gasteiger partial charge is 0.347 e. The highest BCUT2D eigenvalue weighted by molar-refractivity contribution is 7.09. The molecule has 0 unspecified atom stereocenters. The van der Waals surface area contributed by atoms with Crippen molar-refractivity contribution in [2.75, 3.05) is 5.32 Å². The minimum atomic E-state index is -0.337. The summed E-state index contributed by atoms with van der Waals surface area (Å²) in [5.41, 5.74) is 1.13. The molecule has 2 aromatic carbocycles. The van der Waals surface area contributed by atoms with E-state index in [1.54, 1.807) is 47.7 Å². The first-order valence-electron chi connectivity index (χ1n) is 7.70. The van der Waals surface area contributed by atoms with Gasteiger partial charge in [0.1, 0.15) is 0 Å². The summed E-state index contributed by atoms with van der Waals surface area (Å²) in [4.78, 5) is 26.0. The van der Waals surface area contributed by atoms with E-state index in [2.05, 4.69) is 10.6 Å². The van der Waals surface area contributed by atoms with Gasteiger partial charge in [-0.1, -0.05) is 29.3 Å². The molecule has 132 valence electrons. The van der Waals surface area contributed by atoms with Gasteiger partial charge in [0, 0.05) is 20.5 Å². The summed E-state index contributed by atoms with van der Waals surface area (Å²) in [6.07, 6.45) is 0. The highest BCUT2D eigenvalue weighted by Gasteiger charge is 2.15. The molecule has 0 atom stereocenters. The second kappa shape index (κ2) is 8.36. The summed E-state index contributed by atoms with van der Waals surface area (Å²) in [6, 6.07) is 15.1. The molecule has 2 amide bonds. The molecule has 4 nitrogen and oxygen atoms in total. The standard InChI is InChI=1S/C19H14Cl2N2O2S/c20-13-5-3-12(4-6-13)18(24)23-17-8-7-14(21)10-16(17)19(25)22-11-15-2-1-9-26-15/h1-10H,11H2,(H,22,25)(H,23,24). The average molecular weight is 405 g/mol. The van der Waals surface area contributed by atoms with Crippen LogP contribution in [-0.4, -0.2) is 11.8 Å². The number of halogens is 2. The molecule has 0 aliphatic carbocycles. The van der Waals surface area contributed by atoms with E-state index in [1.807, 2.05) is 17.5 Å². The Morgan fingerprint density at radius 1 is 0.923 bits per heavy atom. The van der Waals surface area contributed by atoms with E-state index in [1.165, 1.54) is 6.07 Å². The highest BCUT2D eigenvalue weighted by atomic mass is 35.5. The van der Waals surface area contributed by atoms with E-state index in [-0.39, 0.29) is 11.8 Å². The predicted octanol–water partition coefficient (Wildman–Crippen LogP) is 5.24. The van der Waals surface area contributed by atoms with Gasteiger partial charge in [-0.3, -0.25) is 9.59 Å². The van der Waals surface area contributed by atoms with Gasteiger partial charge in [0.15, 0.2) is 0 Å². The predicted molar refractivity (Wildman–Crippen MR) is 106 cm³/mol. The van der Waals surface area contributed by atoms with Gasteiger partial charge in [-0.05, 0) is 53.9 Å². The number of hydrogen-bond acceptors (Lipinski definition) is 3. The molecule has 2 N–H and O–H groups in total. The Kier molecular flexibility index (Phi) is 5.93. The van der Waals surface area contributed by atoms with Gasteiger partial charge in [-0.2, -0.15) is 0 Å². The van der Waals surface area contributed by atoms with E-state index < -0.39 is 0 Å². The van der Waals surface area contributed by atoms with Crippen LogP contribution in [0.2, 0.25) is 10.0 Å². The SMILES string of the molecule is O=C(Nc1ccc(Cl)cc1C(=O)NCc1cccs1)c1ccc(Cl)cc1. The summed E-state index contributed by atoms with van der Waals surface area (Å²) in [6.45, 7) is 0.410. The van der Waals surface area contributed by atoms with Crippen LogP contribution < -0.4 is 10.6 Å². The third kappa shape index (κ3) is 4.64. The maximum atomic E-state index is 12.5. The number of nitrogens with one attached hydrogen (secondary N) is 2. The number of hydrogen-bond donors (Lipinski definition) is 2. The van der Waals surface area contributed by atoms with Crippen LogP contribution in [0, 0.1) is 0 Å². The smallest absolute Gasteiger partial charge is 0.255 e. The molecule has 0 aliphatic rings. The van der Waals surface area contributed by atoms with E-state index >= 15 is 0 Å². The zero-order chi connectivity index (χ0) is 18.5. The summed E-state index contributed by atoms with van der Waals surface area (Å²) in [5.74, 6) is -0.649. The van der Waals surface area contributed by atoms with Gasteiger partial charge in [-0.15, -0.1) is 11.3 Å². The van der Waals surface area contributed by atoms with Crippen LogP contribution in [0.25, 0.3) is 0 Å². The number of carbonyl (C=O) groups excluding carboxylic acids is 2. The van der Waals surface area contributed by atoms with Crippen LogP contribution in [0.1, 0.15) is 25.6 Å². The van der Waals surface area contributed by atoms with Crippen molar-refractivity contribution in [2.45, 2.75) is 6.54 Å². The number of thiophene rings is 1. The Hall–Kier alpha value is -2.34. The Morgan fingerprint density at radius 3 is 2.35 bits per heavy atom. The molecule has 7 heteroatoms. The molecule has 1 heterocycles. The number of amides is 2. The third-order valence-electron chi connectivity index (χ3n) is 3.58. The van der Waals surface area contributed by atoms with Gasteiger partial charge in [0.25, 0.3) is 11.8 Å². The second-order valence-electron chi connectivity index (χ2n) is 5.41. The van der Waals surface area contributed by atoms with Crippen molar-refractivity contribution in [3.63, 3.8) is 0 Å². The molecule has 3 rings (SSSR count). The van der Waals surface area contributed by atoms with Gasteiger partial charge in [0.05, 0.1) is 17.8 Å². The lowest BCUT2D eigenvalue weighted by Gasteiger charge is -2.12. The van der Waals surface area contributed by atoms with Crippen molar-refractivity contribution in [1.82, 2.24) is 5.32 Å². The molecular formula is C19H14Cl2N2O2S. The van der Waals surface area contributed by atoms with Gasteiger partial charge in [0.2, 0.25) is 0 Å². The maximum Gasteiger partial charge on any atom is 0.255 e. The minimum absolute atomic E-state index is 0.302. The van der Waals surface area contributed by atoms with Crippen LogP contribution in [0.15, 0.2) is 60.0 Å². The number of anilines is 1. The molecule has 0 saturated heterocycles. The number of benzene rings is 2. The fourth-order valence-corrected chi connectivity index (χ4v) is 3.23. The highest BCUT2D eigenvalue weighted by Crippen LogP contribution is 2.22. The zero-order valence-corrected chi connectivity index (χ0v) is 15.8. The van der Waals surface area contributed by atoms with E-state index in [9.17, 15) is 9.59 Å². The lowest BCUT2D eigenvalue weighted by atomic mass is 10.1. The van der Waals surface area contributed by atoms with Crippen LogP contribution >= 0.6 is 34.5 Å². The molecule has 0 spiro atoms. The second-order valence-corrected chi connectivity index (χ2v) is 7.32. The minimum Gasteiger partial charge on any atom is -0.347 e. The molecule has 26 heavy (non-hydrogen) atoms. The molecule has 0 radical (unpaired) electrons. The Labute approximate surface area is 164 Å². The Bertz CT molecular complexity index is 925. The lowest BCUT2D eigenvalue weighted by molar-refractivity contribution is 0.0952. The van der Waals surface area contributed by atoms with Gasteiger partial charge in [-0.25, -0.2) is 0 Å². The van der Waals surface area contributed by atoms with E-state index in [4.69, 9.17) is 23.2 Å². The molecule has 1 aromatic heterocycles. The molecular weight excluding hydrogens is 391 g/mol. The van der Waals surface area contributed by atoms with Crippen molar-refractivity contribution in [3.8, 4) is 0 Å². The van der Waals surface area contributed by atoms with Crippen molar-refractivity contribution in [2.24, 2.45) is 0 Å². The third-order valence-corrected chi connectivity index (χ3v) is 4.95. The monoisotopic (exact) mass is 404 g/mol. The lowest BCUT2D eigenvalue weighted by Crippen LogP contribution is -2.24. The fourth-order valence-electron chi connectivity index (χ4n) is 2.28. The topological polar surface area (TPSA) is 58.2 Å². The molecule has 0 aliphatic heterocycles. The quantitative estimate of drug-likeness (QED) is 0.610. The summed E-state index contributed by atoms with van der Waals surface area (Å²) >= 11 is 13.4. The summed E-state index contributed by atoms with van der Waals surface area (Å²) < 4.78 is 0. The maximum absolute atomic E-state index is 12.5. The first-order chi connectivity index (χ1) is 12.5. The van der Waals surface area contributed by atoms with Gasteiger partial charge < -0.3 is 10.6 Å². The van der Waals surface area contributed by atoms with Crippen LogP contribution in [0.5, 0.6) is 0 Å². The first-order valence-corrected chi connectivity index (χ1v) is 9.33. The van der Waals surface area contributed by atoms with Crippen molar-refractivity contribution in [3.05, 3.63) is 86.0 Å². The first kappa shape index (κ1) is 18.5. The number of carbonyl (C=O) groups is 2. The summed E-state index contributed by atoms with van der Waals surface area (Å²) in [5, 5.41) is 8.48. The molecule has 0 bridgehead atoms. The van der Waals surface area contributed by atoms with Crippen molar-refractivity contribution in [1.29, 1.82) is 0 Å². The van der Waals surface area contributed by atoms with Crippen molar-refractivity contribution >= 4 is 52.0 Å². The number of rotatable bonds is 5. The molecule has 0 saturated carbocycles. The zero-order valence-electron chi connectivity index (χ0n) is 13.5. The molecule has 0 fully saturated rings. The fraction of sp³-hybridized carbons (Fsp3) is 0.0526. The Balaban J connectivity index is 1.77. The van der Waals surface area contributed by atoms with Crippen molar-refractivity contribution < 1.29 is 9.59 Å². The average Bonchev–Trinajstić information content (AvgIpc) is 3.15.